The quantitative estimate of drug-likeness (QED) is 0.621. The van der Waals surface area contributed by atoms with Gasteiger partial charge in [-0.3, -0.25) is 11.3 Å². The van der Waals surface area contributed by atoms with Gasteiger partial charge >= 0.3 is 0 Å². The predicted molar refractivity (Wildman–Crippen MR) is 69.5 cm³/mol. The summed E-state index contributed by atoms with van der Waals surface area (Å²) in [4.78, 5) is 0. The van der Waals surface area contributed by atoms with Crippen LogP contribution >= 0.6 is 0 Å². The number of hydrogen-bond donors (Lipinski definition) is 2. The van der Waals surface area contributed by atoms with Crippen LogP contribution in [0, 0.1) is 6.92 Å². The molecule has 3 heteroatoms. The molecule has 3 nitrogen and oxygen atoms in total. The lowest BCUT2D eigenvalue weighted by Gasteiger charge is -2.36. The minimum absolute atomic E-state index is 0.0786. The van der Waals surface area contributed by atoms with E-state index < -0.39 is 0 Å². The minimum atomic E-state index is -0.136. The lowest BCUT2D eigenvalue weighted by atomic mass is 9.86. The normalized spacial score (nSPS) is 20.4. The molecule has 2 rings (SSSR count). The maximum Gasteiger partial charge on any atom is 0.0885 e. The molecule has 0 aromatic heterocycles. The van der Waals surface area contributed by atoms with Crippen molar-refractivity contribution in [3.8, 4) is 0 Å². The minimum Gasteiger partial charge on any atom is -0.376 e. The van der Waals surface area contributed by atoms with Crippen molar-refractivity contribution in [3.05, 3.63) is 35.4 Å². The van der Waals surface area contributed by atoms with Crippen LogP contribution in [-0.2, 0) is 4.74 Å². The maximum absolute atomic E-state index is 5.80. The van der Waals surface area contributed by atoms with Crippen molar-refractivity contribution in [2.75, 3.05) is 7.11 Å². The van der Waals surface area contributed by atoms with Gasteiger partial charge in [0.1, 0.15) is 0 Å². The van der Waals surface area contributed by atoms with Gasteiger partial charge in [-0.05, 0) is 25.3 Å². The number of benzene rings is 1. The Morgan fingerprint density at radius 3 is 2.59 bits per heavy atom. The summed E-state index contributed by atoms with van der Waals surface area (Å²) < 4.78 is 5.80. The topological polar surface area (TPSA) is 47.3 Å². The van der Waals surface area contributed by atoms with E-state index in [0.717, 1.165) is 12.8 Å². The Kier molecular flexibility index (Phi) is 3.82. The number of nitrogens with one attached hydrogen (secondary N) is 1. The molecule has 1 saturated carbocycles. The second kappa shape index (κ2) is 5.17. The number of hydrazine groups is 1. The van der Waals surface area contributed by atoms with Crippen LogP contribution in [0.5, 0.6) is 0 Å². The van der Waals surface area contributed by atoms with Gasteiger partial charge in [0.15, 0.2) is 0 Å². The molecular weight excluding hydrogens is 212 g/mol. The molecule has 0 heterocycles. The van der Waals surface area contributed by atoms with E-state index in [1.165, 1.54) is 24.0 Å². The highest BCUT2D eigenvalue weighted by Gasteiger charge is 2.41. The van der Waals surface area contributed by atoms with Crippen molar-refractivity contribution in [3.63, 3.8) is 0 Å². The SMILES string of the molecule is COC1(C(NN)c2cccc(C)c2)CCCC1. The Morgan fingerprint density at radius 1 is 1.35 bits per heavy atom. The van der Waals surface area contributed by atoms with E-state index in [-0.39, 0.29) is 11.6 Å². The van der Waals surface area contributed by atoms with E-state index in [0.29, 0.717) is 0 Å². The van der Waals surface area contributed by atoms with Gasteiger partial charge in [-0.15, -0.1) is 0 Å². The number of ether oxygens (including phenoxy) is 1. The molecule has 1 aromatic rings. The molecule has 17 heavy (non-hydrogen) atoms. The summed E-state index contributed by atoms with van der Waals surface area (Å²) in [7, 11) is 1.80. The Bertz CT molecular complexity index is 372. The van der Waals surface area contributed by atoms with E-state index in [4.69, 9.17) is 10.6 Å². The zero-order chi connectivity index (χ0) is 12.3. The Labute approximate surface area is 103 Å². The number of aryl methyl sites for hydroxylation is 1. The van der Waals surface area contributed by atoms with Crippen LogP contribution in [0.2, 0.25) is 0 Å². The first kappa shape index (κ1) is 12.6. The molecule has 0 saturated heterocycles. The van der Waals surface area contributed by atoms with Crippen LogP contribution in [0.4, 0.5) is 0 Å². The smallest absolute Gasteiger partial charge is 0.0885 e. The van der Waals surface area contributed by atoms with Crippen LogP contribution in [0.1, 0.15) is 42.9 Å². The van der Waals surface area contributed by atoms with Gasteiger partial charge in [0.05, 0.1) is 11.6 Å². The van der Waals surface area contributed by atoms with E-state index in [1.54, 1.807) is 7.11 Å². The van der Waals surface area contributed by atoms with Gasteiger partial charge in [-0.2, -0.15) is 0 Å². The summed E-state index contributed by atoms with van der Waals surface area (Å²) in [5.41, 5.74) is 5.29. The number of methoxy groups -OCH3 is 1. The lowest BCUT2D eigenvalue weighted by molar-refractivity contribution is -0.0368. The summed E-state index contributed by atoms with van der Waals surface area (Å²) in [5, 5.41) is 0. The van der Waals surface area contributed by atoms with Gasteiger partial charge in [-0.25, -0.2) is 0 Å². The predicted octanol–water partition coefficient (Wildman–Crippen LogP) is 2.46. The molecule has 1 aliphatic rings. The van der Waals surface area contributed by atoms with E-state index in [2.05, 4.69) is 36.6 Å². The lowest BCUT2D eigenvalue weighted by Crippen LogP contribution is -2.46. The molecule has 1 aromatic carbocycles. The standard InChI is InChI=1S/C14H22N2O/c1-11-6-5-7-12(10-11)13(16-15)14(17-2)8-3-4-9-14/h5-7,10,13,16H,3-4,8-9,15H2,1-2H3. The fourth-order valence-electron chi connectivity index (χ4n) is 2.99. The zero-order valence-corrected chi connectivity index (χ0v) is 10.7. The average molecular weight is 234 g/mol. The Hall–Kier alpha value is -0.900. The molecule has 0 amide bonds. The number of hydrogen-bond acceptors (Lipinski definition) is 3. The van der Waals surface area contributed by atoms with Crippen molar-refractivity contribution in [1.82, 2.24) is 5.43 Å². The second-order valence-electron chi connectivity index (χ2n) is 4.99. The van der Waals surface area contributed by atoms with Crippen molar-refractivity contribution < 1.29 is 4.74 Å². The Balaban J connectivity index is 2.32. The summed E-state index contributed by atoms with van der Waals surface area (Å²) in [6.45, 7) is 2.10. The summed E-state index contributed by atoms with van der Waals surface area (Å²) in [6.07, 6.45) is 4.59. The highest BCUT2D eigenvalue weighted by atomic mass is 16.5. The van der Waals surface area contributed by atoms with Crippen molar-refractivity contribution in [2.24, 2.45) is 5.84 Å². The maximum atomic E-state index is 5.80. The molecule has 0 aliphatic heterocycles. The summed E-state index contributed by atoms with van der Waals surface area (Å²) in [6, 6.07) is 8.56. The van der Waals surface area contributed by atoms with Crippen LogP contribution in [-0.4, -0.2) is 12.7 Å². The van der Waals surface area contributed by atoms with Crippen molar-refractivity contribution in [1.29, 1.82) is 0 Å². The van der Waals surface area contributed by atoms with Gasteiger partial charge in [0.25, 0.3) is 0 Å². The van der Waals surface area contributed by atoms with Gasteiger partial charge in [-0.1, -0.05) is 42.7 Å². The Morgan fingerprint density at radius 2 is 2.06 bits per heavy atom. The first-order valence-electron chi connectivity index (χ1n) is 6.30. The van der Waals surface area contributed by atoms with Gasteiger partial charge < -0.3 is 4.74 Å². The third-order valence-electron chi connectivity index (χ3n) is 3.92. The van der Waals surface area contributed by atoms with E-state index in [9.17, 15) is 0 Å². The fourth-order valence-corrected chi connectivity index (χ4v) is 2.99. The first-order valence-corrected chi connectivity index (χ1v) is 6.30. The molecule has 1 unspecified atom stereocenters. The van der Waals surface area contributed by atoms with Crippen LogP contribution in [0.15, 0.2) is 24.3 Å². The molecule has 1 fully saturated rings. The first-order chi connectivity index (χ1) is 8.22. The molecule has 0 spiro atoms. The molecule has 0 bridgehead atoms. The second-order valence-corrected chi connectivity index (χ2v) is 4.99. The highest BCUT2D eigenvalue weighted by molar-refractivity contribution is 5.27. The number of nitrogens with two attached hydrogens (primary N) is 1. The number of rotatable bonds is 4. The molecule has 94 valence electrons. The monoisotopic (exact) mass is 234 g/mol. The fraction of sp³-hybridized carbons (Fsp3) is 0.571. The zero-order valence-electron chi connectivity index (χ0n) is 10.7. The van der Waals surface area contributed by atoms with E-state index in [1.807, 2.05) is 0 Å². The summed E-state index contributed by atoms with van der Waals surface area (Å²) >= 11 is 0. The van der Waals surface area contributed by atoms with Crippen LogP contribution in [0.25, 0.3) is 0 Å². The van der Waals surface area contributed by atoms with Crippen molar-refractivity contribution in [2.45, 2.75) is 44.2 Å². The van der Waals surface area contributed by atoms with Crippen molar-refractivity contribution >= 4 is 0 Å². The average Bonchev–Trinajstić information content (AvgIpc) is 2.80. The molecular formula is C14H22N2O. The van der Waals surface area contributed by atoms with E-state index >= 15 is 0 Å². The third-order valence-corrected chi connectivity index (χ3v) is 3.92. The third kappa shape index (κ3) is 2.37. The van der Waals surface area contributed by atoms with Crippen LogP contribution < -0.4 is 11.3 Å². The highest BCUT2D eigenvalue weighted by Crippen LogP contribution is 2.42. The van der Waals surface area contributed by atoms with Gasteiger partial charge in [0.2, 0.25) is 0 Å². The van der Waals surface area contributed by atoms with Crippen LogP contribution in [0.3, 0.4) is 0 Å². The summed E-state index contributed by atoms with van der Waals surface area (Å²) in [5.74, 6) is 5.77. The molecule has 0 radical (unpaired) electrons. The largest absolute Gasteiger partial charge is 0.376 e. The molecule has 1 aliphatic carbocycles. The molecule has 1 atom stereocenters. The van der Waals surface area contributed by atoms with Gasteiger partial charge in [0, 0.05) is 7.11 Å². The molecule has 3 N–H and O–H groups in total.